The zero-order chi connectivity index (χ0) is 8.27. The van der Waals surface area contributed by atoms with Crippen LogP contribution in [0.5, 0.6) is 11.5 Å². The molecule has 0 spiro atoms. The van der Waals surface area contributed by atoms with E-state index >= 15 is 0 Å². The number of phenols is 1. The smallest absolute Gasteiger partial charge is 0.125 e. The Balaban J connectivity index is 2.96. The Morgan fingerprint density at radius 1 is 1.45 bits per heavy atom. The van der Waals surface area contributed by atoms with Crippen molar-refractivity contribution in [1.29, 1.82) is 0 Å². The number of rotatable bonds is 2. The number of aromatic hydroxyl groups is 1. The lowest BCUT2D eigenvalue weighted by Crippen LogP contribution is -1.93. The predicted molar refractivity (Wildman–Crippen MR) is 44.0 cm³/mol. The molecule has 0 saturated carbocycles. The van der Waals surface area contributed by atoms with Gasteiger partial charge in [0.1, 0.15) is 11.5 Å². The van der Waals surface area contributed by atoms with Crippen molar-refractivity contribution >= 4 is 0 Å². The molecule has 0 aliphatic rings. The molecule has 0 atom stereocenters. The molecule has 0 unspecified atom stereocenters. The second-order valence-electron chi connectivity index (χ2n) is 2.33. The van der Waals surface area contributed by atoms with Gasteiger partial charge in [0.2, 0.25) is 0 Å². The summed E-state index contributed by atoms with van der Waals surface area (Å²) < 4.78 is 5.26. The van der Waals surface area contributed by atoms with Gasteiger partial charge in [-0.25, -0.2) is 0 Å². The Labute approximate surface area is 66.4 Å². The van der Waals surface area contributed by atoms with Crippen molar-refractivity contribution in [2.24, 2.45) is 0 Å². The van der Waals surface area contributed by atoms with Crippen molar-refractivity contribution < 1.29 is 9.84 Å². The molecule has 1 aromatic carbocycles. The maximum absolute atomic E-state index is 9.25. The third kappa shape index (κ3) is 1.64. The van der Waals surface area contributed by atoms with Gasteiger partial charge in [-0.05, 0) is 26.0 Å². The van der Waals surface area contributed by atoms with Crippen LogP contribution in [0.2, 0.25) is 0 Å². The van der Waals surface area contributed by atoms with Gasteiger partial charge in [0.25, 0.3) is 0 Å². The van der Waals surface area contributed by atoms with Crippen LogP contribution in [0.4, 0.5) is 0 Å². The fourth-order valence-electron chi connectivity index (χ4n) is 0.915. The number of phenolic OH excluding ortho intramolecular Hbond substituents is 1. The molecule has 1 N–H and O–H groups in total. The minimum absolute atomic E-state index is 0.288. The normalized spacial score (nSPS) is 9.64. The predicted octanol–water partition coefficient (Wildman–Crippen LogP) is 2.10. The molecule has 2 nitrogen and oxygen atoms in total. The quantitative estimate of drug-likeness (QED) is 0.703. The number of hydrogen-bond donors (Lipinski definition) is 1. The molecule has 0 aliphatic heterocycles. The summed E-state index contributed by atoms with van der Waals surface area (Å²) in [6, 6.07) is 5.27. The van der Waals surface area contributed by atoms with Gasteiger partial charge >= 0.3 is 0 Å². The molecular weight excluding hydrogens is 140 g/mol. The van der Waals surface area contributed by atoms with Crippen LogP contribution in [-0.2, 0) is 0 Å². The minimum atomic E-state index is 0.288. The van der Waals surface area contributed by atoms with Gasteiger partial charge < -0.3 is 9.84 Å². The maximum atomic E-state index is 9.25. The lowest BCUT2D eigenvalue weighted by molar-refractivity contribution is 0.334. The van der Waals surface area contributed by atoms with E-state index in [-0.39, 0.29) is 5.75 Å². The number of ether oxygens (including phenoxy) is 1. The highest BCUT2D eigenvalue weighted by atomic mass is 16.5. The molecule has 2 heteroatoms. The van der Waals surface area contributed by atoms with Crippen LogP contribution in [0, 0.1) is 6.92 Å². The molecule has 1 aromatic rings. The first-order valence-electron chi connectivity index (χ1n) is 3.67. The molecule has 0 fully saturated rings. The first-order valence-corrected chi connectivity index (χ1v) is 3.67. The molecule has 0 heterocycles. The second-order valence-corrected chi connectivity index (χ2v) is 2.33. The third-order valence-electron chi connectivity index (χ3n) is 1.56. The Morgan fingerprint density at radius 2 is 2.18 bits per heavy atom. The molecule has 0 aromatic heterocycles. The summed E-state index contributed by atoms with van der Waals surface area (Å²) in [5.74, 6) is 1.04. The molecule has 0 saturated heterocycles. The standard InChI is InChI=1S/C9H12O2/c1-3-11-9-6-4-5-8(10)7(9)2/h4-6,10H,3H2,1-2H3. The number of hydrogen-bond acceptors (Lipinski definition) is 2. The zero-order valence-corrected chi connectivity index (χ0v) is 6.79. The van der Waals surface area contributed by atoms with Crippen LogP contribution in [0.1, 0.15) is 12.5 Å². The van der Waals surface area contributed by atoms with Gasteiger partial charge in [-0.15, -0.1) is 0 Å². The lowest BCUT2D eigenvalue weighted by Gasteiger charge is -2.06. The Bertz CT molecular complexity index is 243. The Morgan fingerprint density at radius 3 is 2.82 bits per heavy atom. The lowest BCUT2D eigenvalue weighted by atomic mass is 10.2. The highest BCUT2D eigenvalue weighted by Gasteiger charge is 2.01. The summed E-state index contributed by atoms with van der Waals surface area (Å²) in [7, 11) is 0. The van der Waals surface area contributed by atoms with E-state index in [9.17, 15) is 5.11 Å². The first-order chi connectivity index (χ1) is 5.25. The second kappa shape index (κ2) is 3.28. The van der Waals surface area contributed by atoms with Crippen molar-refractivity contribution in [1.82, 2.24) is 0 Å². The van der Waals surface area contributed by atoms with Gasteiger partial charge in [-0.3, -0.25) is 0 Å². The molecular formula is C9H12O2. The molecule has 1 rings (SSSR count). The van der Waals surface area contributed by atoms with Crippen LogP contribution in [0.15, 0.2) is 18.2 Å². The summed E-state index contributed by atoms with van der Waals surface area (Å²) in [5, 5.41) is 9.25. The van der Waals surface area contributed by atoms with E-state index in [1.54, 1.807) is 12.1 Å². The molecule has 0 aliphatic carbocycles. The van der Waals surface area contributed by atoms with E-state index < -0.39 is 0 Å². The Kier molecular flexibility index (Phi) is 2.36. The zero-order valence-electron chi connectivity index (χ0n) is 6.79. The van der Waals surface area contributed by atoms with Gasteiger partial charge in [0, 0.05) is 5.56 Å². The third-order valence-corrected chi connectivity index (χ3v) is 1.56. The van der Waals surface area contributed by atoms with Crippen LogP contribution >= 0.6 is 0 Å². The highest BCUT2D eigenvalue weighted by Crippen LogP contribution is 2.25. The van der Waals surface area contributed by atoms with E-state index in [2.05, 4.69) is 0 Å². The average molecular weight is 152 g/mol. The number of benzene rings is 1. The van der Waals surface area contributed by atoms with Crippen molar-refractivity contribution in [3.8, 4) is 11.5 Å². The summed E-state index contributed by atoms with van der Waals surface area (Å²) >= 11 is 0. The maximum Gasteiger partial charge on any atom is 0.125 e. The largest absolute Gasteiger partial charge is 0.508 e. The highest BCUT2D eigenvalue weighted by molar-refractivity contribution is 5.42. The fraction of sp³-hybridized carbons (Fsp3) is 0.333. The van der Waals surface area contributed by atoms with Crippen molar-refractivity contribution in [2.45, 2.75) is 13.8 Å². The van der Waals surface area contributed by atoms with Gasteiger partial charge in [0.05, 0.1) is 6.61 Å². The van der Waals surface area contributed by atoms with Gasteiger partial charge in [-0.2, -0.15) is 0 Å². The summed E-state index contributed by atoms with van der Waals surface area (Å²) in [4.78, 5) is 0. The molecule has 0 radical (unpaired) electrons. The fourth-order valence-corrected chi connectivity index (χ4v) is 0.915. The molecule has 60 valence electrons. The SMILES string of the molecule is CCOc1cccc(O)c1C. The van der Waals surface area contributed by atoms with E-state index in [0.717, 1.165) is 11.3 Å². The Hall–Kier alpha value is -1.18. The van der Waals surface area contributed by atoms with E-state index in [4.69, 9.17) is 4.74 Å². The first kappa shape index (κ1) is 7.92. The topological polar surface area (TPSA) is 29.5 Å². The van der Waals surface area contributed by atoms with Gasteiger partial charge in [-0.1, -0.05) is 6.07 Å². The summed E-state index contributed by atoms with van der Waals surface area (Å²) in [6.45, 7) is 4.38. The van der Waals surface area contributed by atoms with Crippen LogP contribution in [0.25, 0.3) is 0 Å². The monoisotopic (exact) mass is 152 g/mol. The van der Waals surface area contributed by atoms with Gasteiger partial charge in [0.15, 0.2) is 0 Å². The van der Waals surface area contributed by atoms with Crippen molar-refractivity contribution in [2.75, 3.05) is 6.61 Å². The minimum Gasteiger partial charge on any atom is -0.508 e. The summed E-state index contributed by atoms with van der Waals surface area (Å²) in [6.07, 6.45) is 0. The summed E-state index contributed by atoms with van der Waals surface area (Å²) in [5.41, 5.74) is 0.800. The van der Waals surface area contributed by atoms with E-state index in [0.29, 0.717) is 6.61 Å². The molecule has 11 heavy (non-hydrogen) atoms. The van der Waals surface area contributed by atoms with Crippen LogP contribution in [0.3, 0.4) is 0 Å². The average Bonchev–Trinajstić information content (AvgIpc) is 1.99. The van der Waals surface area contributed by atoms with Crippen molar-refractivity contribution in [3.05, 3.63) is 23.8 Å². The molecule has 0 amide bonds. The van der Waals surface area contributed by atoms with E-state index in [1.807, 2.05) is 19.9 Å². The van der Waals surface area contributed by atoms with Crippen molar-refractivity contribution in [3.63, 3.8) is 0 Å². The van der Waals surface area contributed by atoms with Crippen LogP contribution < -0.4 is 4.74 Å². The van der Waals surface area contributed by atoms with E-state index in [1.165, 1.54) is 0 Å². The van der Waals surface area contributed by atoms with Crippen LogP contribution in [-0.4, -0.2) is 11.7 Å². The molecule has 0 bridgehead atoms.